The predicted molar refractivity (Wildman–Crippen MR) is 142 cm³/mol. The molecule has 0 heterocycles. The average Bonchev–Trinajstić information content (AvgIpc) is 2.79. The van der Waals surface area contributed by atoms with Crippen molar-refractivity contribution in [3.05, 3.63) is 63.6 Å². The molecule has 7 nitrogen and oxygen atoms in total. The molecule has 0 saturated carbocycles. The van der Waals surface area contributed by atoms with Crippen molar-refractivity contribution in [2.24, 2.45) is 0 Å². The Morgan fingerprint density at radius 3 is 2.11 bits per heavy atom. The molecule has 192 valence electrons. The molecule has 2 rings (SSSR count). The van der Waals surface area contributed by atoms with Gasteiger partial charge >= 0.3 is 0 Å². The summed E-state index contributed by atoms with van der Waals surface area (Å²) in [7, 11) is -3.78. The highest BCUT2D eigenvalue weighted by molar-refractivity contribution is 7.92. The Labute approximate surface area is 218 Å². The van der Waals surface area contributed by atoms with Crippen LogP contribution in [0.1, 0.15) is 51.2 Å². The van der Waals surface area contributed by atoms with Crippen molar-refractivity contribution >= 4 is 50.7 Å². The van der Waals surface area contributed by atoms with Crippen molar-refractivity contribution in [2.45, 2.75) is 52.6 Å². The molecule has 2 aromatic rings. The topological polar surface area (TPSA) is 86.8 Å². The second-order valence-corrected chi connectivity index (χ2v) is 11.3. The summed E-state index contributed by atoms with van der Waals surface area (Å²) in [5.41, 5.74) is 2.10. The van der Waals surface area contributed by atoms with E-state index < -0.39 is 28.5 Å². The average molecular weight is 543 g/mol. The Morgan fingerprint density at radius 2 is 1.63 bits per heavy atom. The van der Waals surface area contributed by atoms with Crippen LogP contribution in [0.5, 0.6) is 0 Å². The molecule has 0 aliphatic heterocycles. The lowest BCUT2D eigenvalue weighted by Gasteiger charge is -2.33. The molecule has 35 heavy (non-hydrogen) atoms. The molecule has 1 atom stereocenters. The fourth-order valence-electron chi connectivity index (χ4n) is 3.69. The van der Waals surface area contributed by atoms with Gasteiger partial charge in [-0.1, -0.05) is 62.2 Å². The van der Waals surface area contributed by atoms with Gasteiger partial charge in [-0.05, 0) is 54.7 Å². The van der Waals surface area contributed by atoms with Gasteiger partial charge in [-0.15, -0.1) is 0 Å². The number of carbonyl (C=O) groups excluding carboxylic acids is 2. The fourth-order valence-corrected chi connectivity index (χ4v) is 4.86. The van der Waals surface area contributed by atoms with Crippen LogP contribution in [0.25, 0.3) is 0 Å². The lowest BCUT2D eigenvalue weighted by molar-refractivity contribution is -0.140. The molecule has 0 unspecified atom stereocenters. The zero-order valence-corrected chi connectivity index (χ0v) is 23.0. The van der Waals surface area contributed by atoms with E-state index >= 15 is 0 Å². The quantitative estimate of drug-likeness (QED) is 0.441. The van der Waals surface area contributed by atoms with Crippen molar-refractivity contribution in [2.75, 3.05) is 23.7 Å². The zero-order chi connectivity index (χ0) is 26.3. The maximum atomic E-state index is 13.6. The van der Waals surface area contributed by atoms with Gasteiger partial charge in [0, 0.05) is 13.1 Å². The molecule has 10 heteroatoms. The highest BCUT2D eigenvalue weighted by Crippen LogP contribution is 2.25. The van der Waals surface area contributed by atoms with Crippen molar-refractivity contribution in [3.8, 4) is 0 Å². The first-order chi connectivity index (χ1) is 16.4. The summed E-state index contributed by atoms with van der Waals surface area (Å²) in [6.45, 7) is 7.70. The van der Waals surface area contributed by atoms with Crippen LogP contribution in [-0.4, -0.2) is 50.5 Å². The van der Waals surface area contributed by atoms with Crippen LogP contribution in [0.2, 0.25) is 10.0 Å². The maximum absolute atomic E-state index is 13.6. The Bertz CT molecular complexity index is 1140. The minimum atomic E-state index is -3.78. The van der Waals surface area contributed by atoms with Crippen LogP contribution in [-0.2, 0) is 26.2 Å². The third-order valence-corrected chi connectivity index (χ3v) is 7.48. The smallest absolute Gasteiger partial charge is 0.244 e. The van der Waals surface area contributed by atoms with Crippen molar-refractivity contribution in [1.29, 1.82) is 0 Å². The predicted octanol–water partition coefficient (Wildman–Crippen LogP) is 4.83. The number of carbonyl (C=O) groups is 2. The first-order valence-corrected chi connectivity index (χ1v) is 14.1. The highest BCUT2D eigenvalue weighted by Gasteiger charge is 2.31. The SMILES string of the molecule is CCNC(=O)[C@@H](CC)N(Cc1ccc(Cl)c(Cl)c1)C(=O)CN(c1ccc(C(C)C)cc1)S(C)(=O)=O. The second-order valence-electron chi connectivity index (χ2n) is 8.60. The summed E-state index contributed by atoms with van der Waals surface area (Å²) >= 11 is 12.2. The number of nitrogens with one attached hydrogen (secondary N) is 1. The Kier molecular flexibility index (Phi) is 10.4. The molecule has 0 bridgehead atoms. The summed E-state index contributed by atoms with van der Waals surface area (Å²) in [5, 5.41) is 3.46. The van der Waals surface area contributed by atoms with Crippen molar-refractivity contribution in [1.82, 2.24) is 10.2 Å². The van der Waals surface area contributed by atoms with Crippen LogP contribution in [0.15, 0.2) is 42.5 Å². The largest absolute Gasteiger partial charge is 0.355 e. The van der Waals surface area contributed by atoms with Gasteiger partial charge in [-0.2, -0.15) is 0 Å². The van der Waals surface area contributed by atoms with Gasteiger partial charge in [-0.25, -0.2) is 8.42 Å². The minimum absolute atomic E-state index is 0.0647. The molecule has 0 spiro atoms. The number of likely N-dealkylation sites (N-methyl/N-ethyl adjacent to an activating group) is 1. The standard InChI is InChI=1S/C25H33Cl2N3O4S/c1-6-23(25(32)28-7-2)29(15-18-8-13-21(26)22(27)14-18)24(31)16-30(35(5,33)34)20-11-9-19(10-12-20)17(3)4/h8-14,17,23H,6-7,15-16H2,1-5H3,(H,28,32)/t23-/m1/s1. The van der Waals surface area contributed by atoms with Gasteiger partial charge in [0.05, 0.1) is 22.0 Å². The molecule has 1 N–H and O–H groups in total. The van der Waals surface area contributed by atoms with Crippen LogP contribution in [0.3, 0.4) is 0 Å². The number of anilines is 1. The summed E-state index contributed by atoms with van der Waals surface area (Å²) < 4.78 is 26.4. The normalized spacial score (nSPS) is 12.3. The Balaban J connectivity index is 2.44. The van der Waals surface area contributed by atoms with Crippen molar-refractivity contribution < 1.29 is 18.0 Å². The second kappa shape index (κ2) is 12.6. The number of halogens is 2. The Morgan fingerprint density at radius 1 is 1.00 bits per heavy atom. The molecule has 0 aliphatic rings. The molecular weight excluding hydrogens is 509 g/mol. The summed E-state index contributed by atoms with van der Waals surface area (Å²) in [6.07, 6.45) is 1.40. The van der Waals surface area contributed by atoms with E-state index in [0.717, 1.165) is 16.1 Å². The number of nitrogens with zero attached hydrogens (tertiary/aromatic N) is 2. The van der Waals surface area contributed by atoms with E-state index in [4.69, 9.17) is 23.2 Å². The van der Waals surface area contributed by atoms with E-state index in [9.17, 15) is 18.0 Å². The highest BCUT2D eigenvalue weighted by atomic mass is 35.5. The van der Waals surface area contributed by atoms with E-state index in [-0.39, 0.29) is 18.4 Å². The van der Waals surface area contributed by atoms with E-state index in [1.807, 2.05) is 26.0 Å². The molecule has 0 aromatic heterocycles. The molecule has 2 aromatic carbocycles. The number of benzene rings is 2. The monoisotopic (exact) mass is 541 g/mol. The summed E-state index contributed by atoms with van der Waals surface area (Å²) in [6, 6.07) is 11.3. The molecule has 0 saturated heterocycles. The molecule has 0 fully saturated rings. The van der Waals surface area contributed by atoms with Gasteiger partial charge in [0.1, 0.15) is 12.6 Å². The molecule has 2 amide bonds. The Hall–Kier alpha value is -2.29. The summed E-state index contributed by atoms with van der Waals surface area (Å²) in [5.74, 6) is -0.537. The first-order valence-electron chi connectivity index (χ1n) is 11.5. The number of hydrogen-bond donors (Lipinski definition) is 1. The third-order valence-electron chi connectivity index (χ3n) is 5.60. The lowest BCUT2D eigenvalue weighted by Crippen LogP contribution is -2.52. The third kappa shape index (κ3) is 7.85. The zero-order valence-electron chi connectivity index (χ0n) is 20.7. The van der Waals surface area contributed by atoms with E-state index in [1.165, 1.54) is 4.90 Å². The van der Waals surface area contributed by atoms with Crippen molar-refractivity contribution in [3.63, 3.8) is 0 Å². The van der Waals surface area contributed by atoms with E-state index in [1.54, 1.807) is 44.2 Å². The van der Waals surface area contributed by atoms with Crippen LogP contribution in [0, 0.1) is 0 Å². The maximum Gasteiger partial charge on any atom is 0.244 e. The number of rotatable bonds is 11. The minimum Gasteiger partial charge on any atom is -0.355 e. The lowest BCUT2D eigenvalue weighted by atomic mass is 10.0. The number of sulfonamides is 1. The molecule has 0 radical (unpaired) electrons. The van der Waals surface area contributed by atoms with E-state index in [2.05, 4.69) is 5.32 Å². The van der Waals surface area contributed by atoms with Crippen LogP contribution in [0.4, 0.5) is 5.69 Å². The van der Waals surface area contributed by atoms with E-state index in [0.29, 0.717) is 34.3 Å². The van der Waals surface area contributed by atoms with Crippen LogP contribution < -0.4 is 9.62 Å². The van der Waals surface area contributed by atoms with Gasteiger partial charge in [0.15, 0.2) is 0 Å². The molecular formula is C25H33Cl2N3O4S. The number of amides is 2. The summed E-state index contributed by atoms with van der Waals surface area (Å²) in [4.78, 5) is 27.8. The number of hydrogen-bond acceptors (Lipinski definition) is 4. The van der Waals surface area contributed by atoms with Gasteiger partial charge < -0.3 is 10.2 Å². The van der Waals surface area contributed by atoms with Gasteiger partial charge in [0.2, 0.25) is 21.8 Å². The molecule has 0 aliphatic carbocycles. The first kappa shape index (κ1) is 28.9. The van der Waals surface area contributed by atoms with Gasteiger partial charge in [-0.3, -0.25) is 13.9 Å². The van der Waals surface area contributed by atoms with Crippen LogP contribution >= 0.6 is 23.2 Å². The van der Waals surface area contributed by atoms with Gasteiger partial charge in [0.25, 0.3) is 0 Å². The fraction of sp³-hybridized carbons (Fsp3) is 0.440.